The fourth-order valence-electron chi connectivity index (χ4n) is 2.45. The number of piperidine rings is 1. The van der Waals surface area contributed by atoms with Crippen molar-refractivity contribution in [2.75, 3.05) is 13.1 Å². The minimum Gasteiger partial charge on any atom is -0.481 e. The van der Waals surface area contributed by atoms with Crippen molar-refractivity contribution in [1.29, 1.82) is 0 Å². The smallest absolute Gasteiger partial charge is 0.417 e. The first-order valence-electron chi connectivity index (χ1n) is 6.63. The number of carboxylic acids is 1. The molecule has 10 heteroatoms. The molecule has 1 aromatic rings. The van der Waals surface area contributed by atoms with Gasteiger partial charge in [0.15, 0.2) is 0 Å². The van der Waals surface area contributed by atoms with Crippen molar-refractivity contribution in [2.45, 2.75) is 23.9 Å². The third kappa shape index (κ3) is 3.63. The topological polar surface area (TPSA) is 74.7 Å². The molecular weight excluding hydrogens is 342 g/mol. The van der Waals surface area contributed by atoms with Crippen LogP contribution in [0.3, 0.4) is 0 Å². The van der Waals surface area contributed by atoms with Crippen molar-refractivity contribution in [3.63, 3.8) is 0 Å². The lowest BCUT2D eigenvalue weighted by atomic mass is 10.0. The normalized spacial score (nSPS) is 20.4. The molecule has 1 aliphatic rings. The Kier molecular flexibility index (Phi) is 4.67. The molecule has 23 heavy (non-hydrogen) atoms. The van der Waals surface area contributed by atoms with Crippen LogP contribution in [0.25, 0.3) is 0 Å². The predicted molar refractivity (Wildman–Crippen MR) is 70.5 cm³/mol. The number of carboxylic acid groups (broad SMARTS) is 1. The van der Waals surface area contributed by atoms with E-state index in [0.717, 1.165) is 0 Å². The second kappa shape index (κ2) is 6.08. The molecule has 5 nitrogen and oxygen atoms in total. The third-order valence-electron chi connectivity index (χ3n) is 3.60. The Labute approximate surface area is 129 Å². The Morgan fingerprint density at radius 1 is 1.30 bits per heavy atom. The first-order chi connectivity index (χ1) is 10.5. The van der Waals surface area contributed by atoms with Gasteiger partial charge in [-0.3, -0.25) is 4.79 Å². The average molecular weight is 355 g/mol. The molecule has 1 heterocycles. The average Bonchev–Trinajstić information content (AvgIpc) is 2.46. The number of carbonyl (C=O) groups is 1. The van der Waals surface area contributed by atoms with Gasteiger partial charge in [-0.05, 0) is 31.0 Å². The van der Waals surface area contributed by atoms with Gasteiger partial charge in [-0.25, -0.2) is 12.8 Å². The van der Waals surface area contributed by atoms with Gasteiger partial charge in [0.1, 0.15) is 5.82 Å². The van der Waals surface area contributed by atoms with Crippen molar-refractivity contribution in [3.05, 3.63) is 29.6 Å². The number of aliphatic carboxylic acids is 1. The number of hydrogen-bond donors (Lipinski definition) is 1. The van der Waals surface area contributed by atoms with E-state index in [1.54, 1.807) is 0 Å². The molecule has 0 aromatic heterocycles. The fourth-order valence-corrected chi connectivity index (χ4v) is 4.19. The lowest BCUT2D eigenvalue weighted by Gasteiger charge is -2.30. The van der Waals surface area contributed by atoms with E-state index in [-0.39, 0.29) is 19.4 Å². The summed E-state index contributed by atoms with van der Waals surface area (Å²) in [5.41, 5.74) is -1.48. The molecule has 0 saturated carbocycles. The maximum absolute atomic E-state index is 13.3. The van der Waals surface area contributed by atoms with Crippen molar-refractivity contribution < 1.29 is 35.9 Å². The molecule has 1 aliphatic heterocycles. The summed E-state index contributed by atoms with van der Waals surface area (Å²) in [6.07, 6.45) is -4.54. The maximum Gasteiger partial charge on any atom is 0.417 e. The molecule has 1 N–H and O–H groups in total. The summed E-state index contributed by atoms with van der Waals surface area (Å²) < 4.78 is 77.8. The zero-order valence-corrected chi connectivity index (χ0v) is 12.5. The van der Waals surface area contributed by atoms with Gasteiger partial charge in [-0.15, -0.1) is 0 Å². The minimum atomic E-state index is -4.97. The second-order valence-electron chi connectivity index (χ2n) is 5.18. The molecule has 0 aliphatic carbocycles. The molecule has 2 rings (SSSR count). The van der Waals surface area contributed by atoms with E-state index in [2.05, 4.69) is 0 Å². The quantitative estimate of drug-likeness (QED) is 0.845. The highest BCUT2D eigenvalue weighted by molar-refractivity contribution is 7.89. The molecule has 1 atom stereocenters. The van der Waals surface area contributed by atoms with E-state index in [0.29, 0.717) is 22.5 Å². The van der Waals surface area contributed by atoms with Crippen LogP contribution in [0.1, 0.15) is 18.4 Å². The number of nitrogens with zero attached hydrogens (tertiary/aromatic N) is 1. The maximum atomic E-state index is 13.3. The van der Waals surface area contributed by atoms with Gasteiger partial charge in [-0.2, -0.15) is 17.5 Å². The molecule has 0 spiro atoms. The summed E-state index contributed by atoms with van der Waals surface area (Å²) in [4.78, 5) is 9.78. The zero-order chi connectivity index (χ0) is 17.4. The summed E-state index contributed by atoms with van der Waals surface area (Å²) >= 11 is 0. The van der Waals surface area contributed by atoms with Crippen LogP contribution >= 0.6 is 0 Å². The summed E-state index contributed by atoms with van der Waals surface area (Å²) in [6, 6.07) is 1.20. The minimum absolute atomic E-state index is 0.111. The van der Waals surface area contributed by atoms with Gasteiger partial charge in [-0.1, -0.05) is 0 Å². The molecule has 0 amide bonds. The summed E-state index contributed by atoms with van der Waals surface area (Å²) in [6.45, 7) is -0.550. The van der Waals surface area contributed by atoms with Crippen molar-refractivity contribution >= 4 is 16.0 Å². The number of halogens is 4. The summed E-state index contributed by atoms with van der Waals surface area (Å²) in [7, 11) is -4.65. The van der Waals surface area contributed by atoms with Gasteiger partial charge >= 0.3 is 12.1 Å². The molecule has 1 fully saturated rings. The Bertz CT molecular complexity index is 717. The van der Waals surface area contributed by atoms with Crippen LogP contribution in [0.15, 0.2) is 23.1 Å². The molecule has 0 bridgehead atoms. The fraction of sp³-hybridized carbons (Fsp3) is 0.462. The van der Waals surface area contributed by atoms with E-state index >= 15 is 0 Å². The van der Waals surface area contributed by atoms with Crippen LogP contribution in [-0.2, 0) is 21.0 Å². The van der Waals surface area contributed by atoms with Crippen LogP contribution < -0.4 is 0 Å². The van der Waals surface area contributed by atoms with Gasteiger partial charge in [0.05, 0.1) is 16.4 Å². The summed E-state index contributed by atoms with van der Waals surface area (Å²) in [5, 5.41) is 8.96. The summed E-state index contributed by atoms with van der Waals surface area (Å²) in [5.74, 6) is -3.34. The van der Waals surface area contributed by atoms with Gasteiger partial charge in [0.2, 0.25) is 10.0 Å². The Balaban J connectivity index is 2.48. The largest absolute Gasteiger partial charge is 0.481 e. The number of hydrogen-bond acceptors (Lipinski definition) is 3. The van der Waals surface area contributed by atoms with Crippen LogP contribution in [0.4, 0.5) is 17.6 Å². The lowest BCUT2D eigenvalue weighted by Crippen LogP contribution is -2.42. The van der Waals surface area contributed by atoms with E-state index < -0.39 is 50.9 Å². The second-order valence-corrected chi connectivity index (χ2v) is 7.09. The molecular formula is C13H13F4NO4S. The lowest BCUT2D eigenvalue weighted by molar-refractivity contribution is -0.143. The van der Waals surface area contributed by atoms with E-state index in [4.69, 9.17) is 5.11 Å². The number of benzene rings is 1. The highest BCUT2D eigenvalue weighted by Crippen LogP contribution is 2.36. The van der Waals surface area contributed by atoms with Crippen LogP contribution in [-0.4, -0.2) is 36.9 Å². The van der Waals surface area contributed by atoms with Crippen molar-refractivity contribution in [1.82, 2.24) is 4.31 Å². The first kappa shape index (κ1) is 17.7. The van der Waals surface area contributed by atoms with Gasteiger partial charge in [0, 0.05) is 13.1 Å². The monoisotopic (exact) mass is 355 g/mol. The molecule has 128 valence electrons. The zero-order valence-electron chi connectivity index (χ0n) is 11.7. The van der Waals surface area contributed by atoms with Crippen LogP contribution in [0.2, 0.25) is 0 Å². The highest BCUT2D eigenvalue weighted by atomic mass is 32.2. The van der Waals surface area contributed by atoms with Crippen molar-refractivity contribution in [3.8, 4) is 0 Å². The van der Waals surface area contributed by atoms with Gasteiger partial charge < -0.3 is 5.11 Å². The van der Waals surface area contributed by atoms with Crippen LogP contribution in [0.5, 0.6) is 0 Å². The highest BCUT2D eigenvalue weighted by Gasteiger charge is 2.41. The van der Waals surface area contributed by atoms with Gasteiger partial charge in [0.25, 0.3) is 0 Å². The third-order valence-corrected chi connectivity index (χ3v) is 5.51. The molecule has 0 radical (unpaired) electrons. The number of sulfonamides is 1. The molecule has 1 aromatic carbocycles. The number of rotatable bonds is 3. The Morgan fingerprint density at radius 2 is 1.96 bits per heavy atom. The molecule has 0 unspecified atom stereocenters. The predicted octanol–water partition coefficient (Wildman–Crippen LogP) is 2.33. The van der Waals surface area contributed by atoms with E-state index in [1.165, 1.54) is 0 Å². The first-order valence-corrected chi connectivity index (χ1v) is 8.07. The molecule has 1 saturated heterocycles. The van der Waals surface area contributed by atoms with E-state index in [1.807, 2.05) is 0 Å². The van der Waals surface area contributed by atoms with Crippen LogP contribution in [0, 0.1) is 11.7 Å². The SMILES string of the molecule is O=C(O)[C@H]1CCCN(S(=O)(=O)c2cc(F)ccc2C(F)(F)F)C1. The number of alkyl halides is 3. The van der Waals surface area contributed by atoms with Crippen molar-refractivity contribution in [2.24, 2.45) is 5.92 Å². The Morgan fingerprint density at radius 3 is 2.52 bits per heavy atom. The standard InChI is InChI=1S/C13H13F4NO4S/c14-9-3-4-10(13(15,16)17)11(6-9)23(21,22)18-5-1-2-8(7-18)12(19)20/h3-4,6,8H,1-2,5,7H2,(H,19,20)/t8-/m0/s1. The van der Waals surface area contributed by atoms with E-state index in [9.17, 15) is 30.8 Å². The Hall–Kier alpha value is -1.68.